The summed E-state index contributed by atoms with van der Waals surface area (Å²) in [6.07, 6.45) is 0. The molecule has 28 heavy (non-hydrogen) atoms. The third kappa shape index (κ3) is 4.02. The fourth-order valence-corrected chi connectivity index (χ4v) is 3.56. The molecule has 3 aromatic rings. The molecule has 1 fully saturated rings. The lowest BCUT2D eigenvalue weighted by Crippen LogP contribution is -2.37. The molecular weight excluding hydrogens is 399 g/mol. The Bertz CT molecular complexity index is 980. The van der Waals surface area contributed by atoms with Crippen molar-refractivity contribution in [1.82, 2.24) is 0 Å². The van der Waals surface area contributed by atoms with Gasteiger partial charge in [0.1, 0.15) is 5.76 Å². The van der Waals surface area contributed by atoms with Gasteiger partial charge in [0.15, 0.2) is 5.76 Å². The molecule has 5 nitrogen and oxygen atoms in total. The summed E-state index contributed by atoms with van der Waals surface area (Å²) in [5.74, 6) is 0.483. The number of amides is 1. The number of halogens is 2. The minimum absolute atomic E-state index is 0.220. The van der Waals surface area contributed by atoms with Crippen molar-refractivity contribution in [2.24, 2.45) is 0 Å². The highest BCUT2D eigenvalue weighted by Gasteiger charge is 2.20. The van der Waals surface area contributed by atoms with Gasteiger partial charge in [-0.3, -0.25) is 4.79 Å². The second-order valence-electron chi connectivity index (χ2n) is 6.36. The molecule has 7 heteroatoms. The molecule has 0 spiro atoms. The standard InChI is InChI=1S/C21H18Cl2N2O3/c22-15-6-4-14(5-7-15)18-8-9-19(28-18)21(26)24-17-3-1-2-16(23)20(17)25-10-12-27-13-11-25/h1-9H,10-13H2,(H,24,26). The number of furan rings is 1. The summed E-state index contributed by atoms with van der Waals surface area (Å²) in [6, 6.07) is 16.1. The van der Waals surface area contributed by atoms with E-state index in [4.69, 9.17) is 32.4 Å². The average molecular weight is 417 g/mol. The minimum Gasteiger partial charge on any atom is -0.451 e. The van der Waals surface area contributed by atoms with Crippen LogP contribution < -0.4 is 10.2 Å². The quantitative estimate of drug-likeness (QED) is 0.623. The Balaban J connectivity index is 1.56. The highest BCUT2D eigenvalue weighted by atomic mass is 35.5. The summed E-state index contributed by atoms with van der Waals surface area (Å²) in [4.78, 5) is 14.9. The third-order valence-corrected chi connectivity index (χ3v) is 5.08. The fraction of sp³-hybridized carbons (Fsp3) is 0.190. The van der Waals surface area contributed by atoms with E-state index in [0.29, 0.717) is 47.8 Å². The van der Waals surface area contributed by atoms with Gasteiger partial charge in [0.2, 0.25) is 0 Å². The molecule has 1 amide bonds. The van der Waals surface area contributed by atoms with Crippen LogP contribution in [-0.4, -0.2) is 32.2 Å². The van der Waals surface area contributed by atoms with Crippen LogP contribution in [0.3, 0.4) is 0 Å². The van der Waals surface area contributed by atoms with Crippen molar-refractivity contribution in [1.29, 1.82) is 0 Å². The van der Waals surface area contributed by atoms with Gasteiger partial charge in [0.05, 0.1) is 29.6 Å². The molecule has 0 atom stereocenters. The zero-order chi connectivity index (χ0) is 19.5. The first-order valence-electron chi connectivity index (χ1n) is 8.90. The average Bonchev–Trinajstić information content (AvgIpc) is 3.20. The first kappa shape index (κ1) is 18.9. The molecule has 0 radical (unpaired) electrons. The van der Waals surface area contributed by atoms with Gasteiger partial charge in [-0.2, -0.15) is 0 Å². The van der Waals surface area contributed by atoms with Crippen molar-refractivity contribution in [3.63, 3.8) is 0 Å². The molecule has 1 aliphatic rings. The summed E-state index contributed by atoms with van der Waals surface area (Å²) in [5, 5.41) is 4.15. The topological polar surface area (TPSA) is 54.7 Å². The van der Waals surface area contributed by atoms with Crippen molar-refractivity contribution in [3.8, 4) is 11.3 Å². The SMILES string of the molecule is O=C(Nc1cccc(Cl)c1N1CCOCC1)c1ccc(-c2ccc(Cl)cc2)o1. The van der Waals surface area contributed by atoms with Gasteiger partial charge in [0, 0.05) is 23.7 Å². The number of nitrogens with zero attached hydrogens (tertiary/aromatic N) is 1. The minimum atomic E-state index is -0.336. The highest BCUT2D eigenvalue weighted by molar-refractivity contribution is 6.34. The van der Waals surface area contributed by atoms with Crippen LogP contribution >= 0.6 is 23.2 Å². The monoisotopic (exact) mass is 416 g/mol. The predicted molar refractivity (Wildman–Crippen MR) is 112 cm³/mol. The van der Waals surface area contributed by atoms with E-state index in [2.05, 4.69) is 10.2 Å². The van der Waals surface area contributed by atoms with E-state index in [1.165, 1.54) is 0 Å². The predicted octanol–water partition coefficient (Wildman–Crippen LogP) is 5.34. The van der Waals surface area contributed by atoms with Gasteiger partial charge in [-0.05, 0) is 48.5 Å². The number of hydrogen-bond acceptors (Lipinski definition) is 4. The maximum Gasteiger partial charge on any atom is 0.291 e. The highest BCUT2D eigenvalue weighted by Crippen LogP contribution is 2.35. The number of carbonyl (C=O) groups excluding carboxylic acids is 1. The Hall–Kier alpha value is -2.47. The Morgan fingerprint density at radius 3 is 2.46 bits per heavy atom. The molecule has 0 bridgehead atoms. The summed E-state index contributed by atoms with van der Waals surface area (Å²) in [7, 11) is 0. The molecule has 1 N–H and O–H groups in total. The molecule has 4 rings (SSSR count). The molecule has 0 saturated carbocycles. The van der Waals surface area contributed by atoms with E-state index in [0.717, 1.165) is 11.3 Å². The Morgan fingerprint density at radius 1 is 0.964 bits per heavy atom. The van der Waals surface area contributed by atoms with Crippen LogP contribution in [0.25, 0.3) is 11.3 Å². The maximum absolute atomic E-state index is 12.7. The zero-order valence-corrected chi connectivity index (χ0v) is 16.5. The summed E-state index contributed by atoms with van der Waals surface area (Å²) in [5.41, 5.74) is 2.29. The number of carbonyl (C=O) groups is 1. The summed E-state index contributed by atoms with van der Waals surface area (Å²) in [6.45, 7) is 2.69. The van der Waals surface area contributed by atoms with Crippen molar-refractivity contribution in [2.45, 2.75) is 0 Å². The zero-order valence-electron chi connectivity index (χ0n) is 15.0. The summed E-state index contributed by atoms with van der Waals surface area (Å²) < 4.78 is 11.1. The second-order valence-corrected chi connectivity index (χ2v) is 7.20. The van der Waals surface area contributed by atoms with E-state index in [-0.39, 0.29) is 11.7 Å². The van der Waals surface area contributed by atoms with Crippen LogP contribution in [0.2, 0.25) is 10.0 Å². The molecule has 1 aromatic heterocycles. The third-order valence-electron chi connectivity index (χ3n) is 4.52. The number of morpholine rings is 1. The lowest BCUT2D eigenvalue weighted by Gasteiger charge is -2.31. The number of nitrogens with one attached hydrogen (secondary N) is 1. The van der Waals surface area contributed by atoms with Gasteiger partial charge >= 0.3 is 0 Å². The molecule has 2 heterocycles. The van der Waals surface area contributed by atoms with Gasteiger partial charge in [-0.25, -0.2) is 0 Å². The lowest BCUT2D eigenvalue weighted by molar-refractivity contribution is 0.0997. The summed E-state index contributed by atoms with van der Waals surface area (Å²) >= 11 is 12.3. The number of ether oxygens (including phenoxy) is 1. The van der Waals surface area contributed by atoms with E-state index < -0.39 is 0 Å². The molecular formula is C21H18Cl2N2O3. The fourth-order valence-electron chi connectivity index (χ4n) is 3.14. The first-order chi connectivity index (χ1) is 13.6. The van der Waals surface area contributed by atoms with Crippen molar-refractivity contribution < 1.29 is 13.9 Å². The molecule has 0 aliphatic carbocycles. The Morgan fingerprint density at radius 2 is 1.71 bits per heavy atom. The number of hydrogen-bond donors (Lipinski definition) is 1. The number of benzene rings is 2. The van der Waals surface area contributed by atoms with E-state index in [1.807, 2.05) is 30.3 Å². The normalized spacial score (nSPS) is 14.1. The van der Waals surface area contributed by atoms with Crippen molar-refractivity contribution in [2.75, 3.05) is 36.5 Å². The molecule has 2 aromatic carbocycles. The molecule has 0 unspecified atom stereocenters. The first-order valence-corrected chi connectivity index (χ1v) is 9.66. The van der Waals surface area contributed by atoms with Crippen LogP contribution in [0, 0.1) is 0 Å². The molecule has 1 saturated heterocycles. The van der Waals surface area contributed by atoms with Crippen LogP contribution in [-0.2, 0) is 4.74 Å². The van der Waals surface area contributed by atoms with Gasteiger partial charge in [-0.1, -0.05) is 29.3 Å². The van der Waals surface area contributed by atoms with E-state index in [1.54, 1.807) is 24.3 Å². The van der Waals surface area contributed by atoms with Crippen LogP contribution in [0.15, 0.2) is 59.0 Å². The van der Waals surface area contributed by atoms with Crippen LogP contribution in [0.5, 0.6) is 0 Å². The van der Waals surface area contributed by atoms with Crippen molar-refractivity contribution in [3.05, 3.63) is 70.4 Å². The van der Waals surface area contributed by atoms with Gasteiger partial charge in [-0.15, -0.1) is 0 Å². The molecule has 1 aliphatic heterocycles. The van der Waals surface area contributed by atoms with Crippen LogP contribution in [0.1, 0.15) is 10.6 Å². The van der Waals surface area contributed by atoms with E-state index in [9.17, 15) is 4.79 Å². The maximum atomic E-state index is 12.7. The van der Waals surface area contributed by atoms with Crippen molar-refractivity contribution >= 4 is 40.5 Å². The number of anilines is 2. The lowest BCUT2D eigenvalue weighted by atomic mass is 10.2. The number of para-hydroxylation sites is 1. The Labute approximate surface area is 172 Å². The Kier molecular flexibility index (Phi) is 5.57. The second kappa shape index (κ2) is 8.27. The smallest absolute Gasteiger partial charge is 0.291 e. The number of rotatable bonds is 4. The van der Waals surface area contributed by atoms with Crippen LogP contribution in [0.4, 0.5) is 11.4 Å². The largest absolute Gasteiger partial charge is 0.451 e. The molecule has 144 valence electrons. The van der Waals surface area contributed by atoms with Gasteiger partial charge in [0.25, 0.3) is 5.91 Å². The van der Waals surface area contributed by atoms with Gasteiger partial charge < -0.3 is 19.4 Å². The van der Waals surface area contributed by atoms with E-state index >= 15 is 0 Å².